The number of sulfonamides is 1. The average Bonchev–Trinajstić information content (AvgIpc) is 3.18. The van der Waals surface area contributed by atoms with Crippen molar-refractivity contribution in [2.45, 2.75) is 32.1 Å². The molecule has 1 amide bonds. The molecule has 4 rings (SSSR count). The summed E-state index contributed by atoms with van der Waals surface area (Å²) in [5, 5.41) is 4.74. The number of ether oxygens (including phenoxy) is 1. The Morgan fingerprint density at radius 1 is 0.974 bits per heavy atom. The summed E-state index contributed by atoms with van der Waals surface area (Å²) in [7, 11) is -0.0667. The number of anilines is 1. The number of rotatable bonds is 8. The van der Waals surface area contributed by atoms with Gasteiger partial charge in [-0.1, -0.05) is 29.8 Å². The first kappa shape index (κ1) is 29.3. The fourth-order valence-electron chi connectivity index (χ4n) is 4.09. The Hall–Kier alpha value is -4.22. The molecule has 4 N–H and O–H groups in total. The molecule has 2 heterocycles. The highest BCUT2D eigenvalue weighted by molar-refractivity contribution is 7.90. The van der Waals surface area contributed by atoms with E-state index in [2.05, 4.69) is 11.1 Å². The molecule has 206 valence electrons. The molecule has 0 saturated carbocycles. The second kappa shape index (κ2) is 12.1. The molecule has 0 atom stereocenters. The van der Waals surface area contributed by atoms with Crippen LogP contribution in [0.1, 0.15) is 22.5 Å². The zero-order chi connectivity index (χ0) is 27.4. The minimum absolute atomic E-state index is 0. The number of carbonyl (C=O) groups excluding carboxylic acids is 1. The number of carbonyl (C=O) groups is 1. The first-order chi connectivity index (χ1) is 18.0. The molecule has 0 spiro atoms. The van der Waals surface area contributed by atoms with Crippen LogP contribution in [-0.4, -0.2) is 50.0 Å². The normalized spacial score (nSPS) is 11.0. The molecule has 2 aromatic carbocycles. The first-order valence-electron chi connectivity index (χ1n) is 12.1. The first-order valence-corrected chi connectivity index (χ1v) is 13.6. The molecule has 0 aliphatic carbocycles. The molecule has 0 fully saturated rings. The van der Waals surface area contributed by atoms with Crippen LogP contribution in [0.3, 0.4) is 0 Å². The summed E-state index contributed by atoms with van der Waals surface area (Å²) in [6, 6.07) is 18.0. The van der Waals surface area contributed by atoms with E-state index in [4.69, 9.17) is 9.84 Å². The van der Waals surface area contributed by atoms with Gasteiger partial charge in [0.2, 0.25) is 0 Å². The van der Waals surface area contributed by atoms with E-state index in [-0.39, 0.29) is 17.7 Å². The predicted octanol–water partition coefficient (Wildman–Crippen LogP) is 4.75. The molecule has 0 unspecified atom stereocenters. The second-order valence-electron chi connectivity index (χ2n) is 9.23. The third kappa shape index (κ3) is 6.81. The molecule has 4 aromatic rings. The number of benzene rings is 2. The summed E-state index contributed by atoms with van der Waals surface area (Å²) >= 11 is 0. The molecule has 0 aliphatic rings. The zero-order valence-corrected chi connectivity index (χ0v) is 23.6. The standard InChI is InChI=1S/C28H31N5O4S.H3N/c1-19-6-13-25(14-7-19)38(35,36)31-28(34)37-17-16-22-8-11-24(12-9-22)33-21(3)27(20(2)30-33)23-10-15-26(29-18-23)32(4)5;/h6-15,18H,16-17H2,1-5H3,(H,31,34);1H3. The SMILES string of the molecule is Cc1ccc(S(=O)(=O)NC(=O)OCCc2ccc(-n3nc(C)c(-c4ccc(N(C)C)nc4)c3C)cc2)cc1.N. The van der Waals surface area contributed by atoms with Crippen LogP contribution >= 0.6 is 0 Å². The van der Waals surface area contributed by atoms with E-state index >= 15 is 0 Å². The summed E-state index contributed by atoms with van der Waals surface area (Å²) in [5.74, 6) is 0.890. The lowest BCUT2D eigenvalue weighted by molar-refractivity contribution is 0.154. The Morgan fingerprint density at radius 3 is 2.23 bits per heavy atom. The molecule has 0 radical (unpaired) electrons. The van der Waals surface area contributed by atoms with Crippen LogP contribution in [0.2, 0.25) is 0 Å². The van der Waals surface area contributed by atoms with Crippen LogP contribution in [0.4, 0.5) is 10.6 Å². The summed E-state index contributed by atoms with van der Waals surface area (Å²) in [4.78, 5) is 18.5. The zero-order valence-electron chi connectivity index (χ0n) is 22.8. The highest BCUT2D eigenvalue weighted by Crippen LogP contribution is 2.29. The minimum atomic E-state index is -3.98. The quantitative estimate of drug-likeness (QED) is 0.320. The molecule has 0 aliphatic heterocycles. The van der Waals surface area contributed by atoms with Gasteiger partial charge in [0.25, 0.3) is 10.0 Å². The lowest BCUT2D eigenvalue weighted by atomic mass is 10.1. The smallest absolute Gasteiger partial charge is 0.421 e. The topological polar surface area (TPSA) is 141 Å². The summed E-state index contributed by atoms with van der Waals surface area (Å²) in [6.07, 6.45) is 1.29. The Balaban J connectivity index is 0.00000420. The molecular weight excluding hydrogens is 516 g/mol. The number of aromatic nitrogens is 3. The number of nitrogens with one attached hydrogen (secondary N) is 1. The number of amides is 1. The Kier molecular flexibility index (Phi) is 9.10. The predicted molar refractivity (Wildman–Crippen MR) is 152 cm³/mol. The van der Waals surface area contributed by atoms with Gasteiger partial charge < -0.3 is 15.8 Å². The van der Waals surface area contributed by atoms with Gasteiger partial charge in [0.15, 0.2) is 0 Å². The molecule has 0 bridgehead atoms. The van der Waals surface area contributed by atoms with Crippen LogP contribution in [0, 0.1) is 20.8 Å². The van der Waals surface area contributed by atoms with Crippen LogP contribution in [0.5, 0.6) is 0 Å². The van der Waals surface area contributed by atoms with E-state index in [0.29, 0.717) is 6.42 Å². The monoisotopic (exact) mass is 550 g/mol. The largest absolute Gasteiger partial charge is 0.448 e. The fraction of sp³-hybridized carbons (Fsp3) is 0.250. The second-order valence-corrected chi connectivity index (χ2v) is 10.9. The molecule has 39 heavy (non-hydrogen) atoms. The van der Waals surface area contributed by atoms with Crippen LogP contribution in [-0.2, 0) is 21.2 Å². The van der Waals surface area contributed by atoms with Gasteiger partial charge in [0.05, 0.1) is 22.9 Å². The van der Waals surface area contributed by atoms with Crippen molar-refractivity contribution in [1.29, 1.82) is 0 Å². The van der Waals surface area contributed by atoms with Crippen molar-refractivity contribution in [2.75, 3.05) is 25.6 Å². The molecular formula is C28H34N6O4S. The van der Waals surface area contributed by atoms with Gasteiger partial charge in [-0.15, -0.1) is 0 Å². The average molecular weight is 551 g/mol. The highest BCUT2D eigenvalue weighted by atomic mass is 32.2. The maximum Gasteiger partial charge on any atom is 0.421 e. The third-order valence-corrected chi connectivity index (χ3v) is 7.47. The molecule has 11 heteroatoms. The molecule has 0 saturated heterocycles. The number of hydrogen-bond donors (Lipinski definition) is 2. The number of pyridine rings is 1. The maximum atomic E-state index is 12.3. The maximum absolute atomic E-state index is 12.3. The number of hydrogen-bond acceptors (Lipinski definition) is 8. The van der Waals surface area contributed by atoms with Crippen LogP contribution in [0.25, 0.3) is 16.8 Å². The van der Waals surface area contributed by atoms with Crippen molar-refractivity contribution < 1.29 is 17.9 Å². The molecule has 2 aromatic heterocycles. The minimum Gasteiger partial charge on any atom is -0.448 e. The summed E-state index contributed by atoms with van der Waals surface area (Å²) in [5.41, 5.74) is 6.73. The Bertz CT molecular complexity index is 1530. The van der Waals surface area contributed by atoms with Crippen molar-refractivity contribution in [3.63, 3.8) is 0 Å². The van der Waals surface area contributed by atoms with E-state index < -0.39 is 16.1 Å². The van der Waals surface area contributed by atoms with E-state index in [1.165, 1.54) is 12.1 Å². The number of aryl methyl sites for hydroxylation is 2. The Morgan fingerprint density at radius 2 is 1.64 bits per heavy atom. The highest BCUT2D eigenvalue weighted by Gasteiger charge is 2.18. The van der Waals surface area contributed by atoms with E-state index in [9.17, 15) is 13.2 Å². The fourth-order valence-corrected chi connectivity index (χ4v) is 4.98. The lowest BCUT2D eigenvalue weighted by Crippen LogP contribution is -2.31. The van der Waals surface area contributed by atoms with Gasteiger partial charge in [-0.25, -0.2) is 27.6 Å². The van der Waals surface area contributed by atoms with Crippen molar-refractivity contribution in [2.24, 2.45) is 0 Å². The van der Waals surface area contributed by atoms with E-state index in [0.717, 1.165) is 45.1 Å². The van der Waals surface area contributed by atoms with Gasteiger partial charge in [-0.05, 0) is 62.7 Å². The van der Waals surface area contributed by atoms with Crippen LogP contribution < -0.4 is 15.8 Å². The van der Waals surface area contributed by atoms with Crippen molar-refractivity contribution >= 4 is 21.9 Å². The lowest BCUT2D eigenvalue weighted by Gasteiger charge is -2.11. The Labute approximate surface area is 229 Å². The van der Waals surface area contributed by atoms with E-state index in [1.54, 1.807) is 12.1 Å². The number of nitrogens with zero attached hydrogens (tertiary/aromatic N) is 4. The third-order valence-electron chi connectivity index (χ3n) is 6.14. The van der Waals surface area contributed by atoms with Gasteiger partial charge in [-0.2, -0.15) is 5.10 Å². The van der Waals surface area contributed by atoms with Crippen LogP contribution in [0.15, 0.2) is 71.8 Å². The van der Waals surface area contributed by atoms with Gasteiger partial charge in [0, 0.05) is 43.5 Å². The molecule has 10 nitrogen and oxygen atoms in total. The van der Waals surface area contributed by atoms with Crippen molar-refractivity contribution in [1.82, 2.24) is 25.6 Å². The van der Waals surface area contributed by atoms with E-state index in [1.807, 2.05) is 85.7 Å². The van der Waals surface area contributed by atoms with Gasteiger partial charge >= 0.3 is 6.09 Å². The van der Waals surface area contributed by atoms with Gasteiger partial charge in [0.1, 0.15) is 5.82 Å². The summed E-state index contributed by atoms with van der Waals surface area (Å²) < 4.78 is 33.6. The summed E-state index contributed by atoms with van der Waals surface area (Å²) in [6.45, 7) is 5.89. The van der Waals surface area contributed by atoms with Gasteiger partial charge in [-0.3, -0.25) is 0 Å². The van der Waals surface area contributed by atoms with Crippen molar-refractivity contribution in [3.05, 3.63) is 89.4 Å². The van der Waals surface area contributed by atoms with Crippen molar-refractivity contribution in [3.8, 4) is 16.8 Å².